The van der Waals surface area contributed by atoms with Crippen LogP contribution in [-0.2, 0) is 11.3 Å². The van der Waals surface area contributed by atoms with Gasteiger partial charge in [-0.05, 0) is 17.7 Å². The monoisotopic (exact) mass is 390 g/mol. The number of para-hydroxylation sites is 2. The lowest BCUT2D eigenvalue weighted by atomic mass is 10.2. The third-order valence-electron chi connectivity index (χ3n) is 3.64. The van der Waals surface area contributed by atoms with Crippen LogP contribution in [0.25, 0.3) is 11.0 Å². The second kappa shape index (κ2) is 8.63. The summed E-state index contributed by atoms with van der Waals surface area (Å²) in [5.74, 6) is -0.812. The number of imidazole rings is 1. The van der Waals surface area contributed by atoms with Crippen molar-refractivity contribution in [2.75, 3.05) is 5.75 Å². The molecule has 0 unspecified atom stereocenters. The van der Waals surface area contributed by atoms with Gasteiger partial charge in [0.25, 0.3) is 0 Å². The van der Waals surface area contributed by atoms with Crippen LogP contribution in [0, 0.1) is 0 Å². The second-order valence-electron chi connectivity index (χ2n) is 5.54. The molecule has 3 aromatic rings. The van der Waals surface area contributed by atoms with Crippen LogP contribution in [0.1, 0.15) is 12.1 Å². The van der Waals surface area contributed by atoms with Crippen LogP contribution in [0.5, 0.6) is 0 Å². The van der Waals surface area contributed by atoms with E-state index in [1.165, 1.54) is 6.07 Å². The molecule has 140 valence electrons. The van der Waals surface area contributed by atoms with Crippen LogP contribution in [0.3, 0.4) is 0 Å². The molecule has 0 aliphatic carbocycles. The van der Waals surface area contributed by atoms with E-state index in [1.807, 2.05) is 30.3 Å². The number of nitrogens with one attached hydrogen (secondary N) is 2. The summed E-state index contributed by atoms with van der Waals surface area (Å²) in [5, 5.41) is 4.75. The Kier molecular flexibility index (Phi) is 6.02. The fourth-order valence-corrected chi connectivity index (χ4v) is 3.24. The quantitative estimate of drug-likeness (QED) is 0.631. The highest BCUT2D eigenvalue weighted by molar-refractivity contribution is 7.99. The van der Waals surface area contributed by atoms with Gasteiger partial charge in [0.15, 0.2) is 5.16 Å². The highest BCUT2D eigenvalue weighted by Gasteiger charge is 2.19. The van der Waals surface area contributed by atoms with Gasteiger partial charge in [-0.2, -0.15) is 8.78 Å². The molecule has 2 N–H and O–H groups in total. The minimum absolute atomic E-state index is 0.0195. The van der Waals surface area contributed by atoms with E-state index in [9.17, 15) is 18.4 Å². The molecular formula is C18H16F2N4O2S. The maximum Gasteiger partial charge on any atom is 0.321 e. The summed E-state index contributed by atoms with van der Waals surface area (Å²) >= 11 is 0.845. The van der Waals surface area contributed by atoms with Gasteiger partial charge in [-0.1, -0.05) is 54.2 Å². The van der Waals surface area contributed by atoms with Crippen molar-refractivity contribution < 1.29 is 18.4 Å². The topological polar surface area (TPSA) is 76.0 Å². The summed E-state index contributed by atoms with van der Waals surface area (Å²) in [7, 11) is 0. The van der Waals surface area contributed by atoms with Crippen LogP contribution >= 0.6 is 11.8 Å². The molecule has 9 heteroatoms. The van der Waals surface area contributed by atoms with E-state index in [0.717, 1.165) is 21.9 Å². The smallest absolute Gasteiger partial charge is 0.321 e. The van der Waals surface area contributed by atoms with E-state index in [2.05, 4.69) is 15.6 Å². The van der Waals surface area contributed by atoms with E-state index < -0.39 is 18.5 Å². The number of urea groups is 1. The molecule has 0 aliphatic rings. The largest absolute Gasteiger partial charge is 0.334 e. The number of alkyl halides is 2. The van der Waals surface area contributed by atoms with Crippen LogP contribution in [0.2, 0.25) is 0 Å². The maximum absolute atomic E-state index is 13.3. The Hall–Kier alpha value is -2.94. The van der Waals surface area contributed by atoms with Crippen molar-refractivity contribution in [3.63, 3.8) is 0 Å². The molecule has 0 atom stereocenters. The standard InChI is InChI=1S/C18H16F2N4O2S/c19-16(20)24-14-9-5-4-8-13(14)22-18(24)27-11-15(25)23-17(26)21-10-12-6-2-1-3-7-12/h1-9,16H,10-11H2,(H2,21,23,25,26). The minimum Gasteiger partial charge on any atom is -0.334 e. The van der Waals surface area contributed by atoms with Crippen LogP contribution in [0.15, 0.2) is 59.8 Å². The van der Waals surface area contributed by atoms with Crippen molar-refractivity contribution >= 4 is 34.7 Å². The van der Waals surface area contributed by atoms with E-state index in [1.54, 1.807) is 18.2 Å². The number of benzene rings is 2. The third-order valence-corrected chi connectivity index (χ3v) is 4.59. The van der Waals surface area contributed by atoms with Crippen molar-refractivity contribution in [3.8, 4) is 0 Å². The van der Waals surface area contributed by atoms with Gasteiger partial charge in [-0.3, -0.25) is 14.7 Å². The number of aromatic nitrogens is 2. The van der Waals surface area contributed by atoms with Gasteiger partial charge in [0.05, 0.1) is 16.8 Å². The molecule has 3 amide bonds. The molecule has 0 bridgehead atoms. The Bertz CT molecular complexity index is 947. The number of fused-ring (bicyclic) bond motifs is 1. The molecule has 0 aliphatic heterocycles. The van der Waals surface area contributed by atoms with Crippen LogP contribution in [0.4, 0.5) is 13.6 Å². The summed E-state index contributed by atoms with van der Waals surface area (Å²) in [6.45, 7) is -2.51. The number of nitrogens with zero attached hydrogens (tertiary/aromatic N) is 2. The number of carbonyl (C=O) groups is 2. The Labute approximate surface area is 158 Å². The van der Waals surface area contributed by atoms with Gasteiger partial charge in [-0.15, -0.1) is 0 Å². The fourth-order valence-electron chi connectivity index (χ4n) is 2.43. The Balaban J connectivity index is 1.55. The molecule has 6 nitrogen and oxygen atoms in total. The predicted octanol–water partition coefficient (Wildman–Crippen LogP) is 3.55. The van der Waals surface area contributed by atoms with Crippen LogP contribution < -0.4 is 10.6 Å². The van der Waals surface area contributed by atoms with Gasteiger partial charge in [0.2, 0.25) is 5.91 Å². The van der Waals surface area contributed by atoms with Crippen molar-refractivity contribution in [2.45, 2.75) is 18.3 Å². The van der Waals surface area contributed by atoms with Gasteiger partial charge in [-0.25, -0.2) is 9.78 Å². The zero-order valence-corrected chi connectivity index (χ0v) is 14.9. The van der Waals surface area contributed by atoms with Crippen LogP contribution in [-0.4, -0.2) is 27.2 Å². The molecule has 0 saturated heterocycles. The Morgan fingerprint density at radius 2 is 1.78 bits per heavy atom. The highest BCUT2D eigenvalue weighted by atomic mass is 32.2. The molecule has 27 heavy (non-hydrogen) atoms. The lowest BCUT2D eigenvalue weighted by molar-refractivity contribution is -0.117. The molecule has 0 saturated carbocycles. The number of hydrogen-bond acceptors (Lipinski definition) is 4. The van der Waals surface area contributed by atoms with Gasteiger partial charge in [0.1, 0.15) is 0 Å². The number of rotatable bonds is 6. The first-order valence-corrected chi connectivity index (χ1v) is 9.02. The molecule has 0 spiro atoms. The highest BCUT2D eigenvalue weighted by Crippen LogP contribution is 2.28. The van der Waals surface area contributed by atoms with Gasteiger partial charge in [0, 0.05) is 6.54 Å². The maximum atomic E-state index is 13.3. The molecular weight excluding hydrogens is 374 g/mol. The molecule has 0 radical (unpaired) electrons. The zero-order chi connectivity index (χ0) is 19.2. The summed E-state index contributed by atoms with van der Waals surface area (Å²) in [6.07, 6.45) is 0. The average Bonchev–Trinajstić information content (AvgIpc) is 3.04. The molecule has 1 aromatic heterocycles. The summed E-state index contributed by atoms with van der Waals surface area (Å²) in [6, 6.07) is 15.1. The van der Waals surface area contributed by atoms with Crippen molar-refractivity contribution in [1.82, 2.24) is 20.2 Å². The van der Waals surface area contributed by atoms with Crippen molar-refractivity contribution in [2.24, 2.45) is 0 Å². The average molecular weight is 390 g/mol. The number of halogens is 2. The number of imide groups is 1. The van der Waals surface area contributed by atoms with E-state index >= 15 is 0 Å². The fraction of sp³-hybridized carbons (Fsp3) is 0.167. The Morgan fingerprint density at radius 3 is 2.52 bits per heavy atom. The molecule has 1 heterocycles. The first-order valence-electron chi connectivity index (χ1n) is 8.04. The number of amides is 3. The van der Waals surface area contributed by atoms with Gasteiger partial charge < -0.3 is 5.32 Å². The third kappa shape index (κ3) is 4.82. The lowest BCUT2D eigenvalue weighted by Gasteiger charge is -2.08. The number of carbonyl (C=O) groups excluding carboxylic acids is 2. The molecule has 2 aromatic carbocycles. The van der Waals surface area contributed by atoms with E-state index in [-0.39, 0.29) is 23.0 Å². The first kappa shape index (κ1) is 18.8. The lowest BCUT2D eigenvalue weighted by Crippen LogP contribution is -2.40. The normalized spacial score (nSPS) is 10.9. The zero-order valence-electron chi connectivity index (χ0n) is 14.1. The van der Waals surface area contributed by atoms with E-state index in [4.69, 9.17) is 0 Å². The Morgan fingerprint density at radius 1 is 1.07 bits per heavy atom. The summed E-state index contributed by atoms with van der Waals surface area (Å²) in [4.78, 5) is 27.8. The molecule has 0 fully saturated rings. The van der Waals surface area contributed by atoms with Crippen molar-refractivity contribution in [1.29, 1.82) is 0 Å². The van der Waals surface area contributed by atoms with E-state index in [0.29, 0.717) is 5.52 Å². The first-order chi connectivity index (χ1) is 13.0. The summed E-state index contributed by atoms with van der Waals surface area (Å²) in [5.41, 5.74) is 1.59. The predicted molar refractivity (Wildman–Crippen MR) is 98.5 cm³/mol. The minimum atomic E-state index is -2.78. The summed E-state index contributed by atoms with van der Waals surface area (Å²) < 4.78 is 27.4. The van der Waals surface area contributed by atoms with Crippen molar-refractivity contribution in [3.05, 3.63) is 60.2 Å². The number of thioether (sulfide) groups is 1. The SMILES string of the molecule is O=C(CSc1nc2ccccc2n1C(F)F)NC(=O)NCc1ccccc1. The van der Waals surface area contributed by atoms with Gasteiger partial charge >= 0.3 is 12.6 Å². The molecule has 3 rings (SSSR count). The number of hydrogen-bond donors (Lipinski definition) is 2. The second-order valence-corrected chi connectivity index (χ2v) is 6.48.